The Kier molecular flexibility index (Phi) is 5.90. The van der Waals surface area contributed by atoms with Crippen molar-refractivity contribution in [3.63, 3.8) is 0 Å². The fourth-order valence-electron chi connectivity index (χ4n) is 2.97. The number of hydrogen-bond donors (Lipinski definition) is 1. The lowest BCUT2D eigenvalue weighted by molar-refractivity contribution is 0.102. The molecule has 0 aliphatic rings. The number of rotatable bonds is 6. The number of methoxy groups -OCH3 is 2. The molecule has 0 saturated heterocycles. The molecule has 0 aliphatic heterocycles. The summed E-state index contributed by atoms with van der Waals surface area (Å²) in [5.74, 6) is 0.811. The minimum Gasteiger partial charge on any atom is -0.493 e. The molecule has 0 unspecified atom stereocenters. The van der Waals surface area contributed by atoms with E-state index in [1.54, 1.807) is 31.9 Å². The lowest BCUT2D eigenvalue weighted by Gasteiger charge is -2.13. The first kappa shape index (κ1) is 19.8. The van der Waals surface area contributed by atoms with Crippen LogP contribution in [0.5, 0.6) is 11.5 Å². The van der Waals surface area contributed by atoms with E-state index in [1.165, 1.54) is 0 Å². The molecular weight excluding hydrogens is 378 g/mol. The smallest absolute Gasteiger partial charge is 0.260 e. The molecule has 0 atom stereocenters. The van der Waals surface area contributed by atoms with Gasteiger partial charge in [-0.05, 0) is 31.0 Å². The van der Waals surface area contributed by atoms with Gasteiger partial charge in [-0.25, -0.2) is 4.68 Å². The van der Waals surface area contributed by atoms with Crippen LogP contribution in [0, 0.1) is 13.8 Å². The number of hydrogen-bond acceptors (Lipinski definition) is 4. The summed E-state index contributed by atoms with van der Waals surface area (Å²) < 4.78 is 12.2. The van der Waals surface area contributed by atoms with E-state index in [2.05, 4.69) is 10.4 Å². The average molecular weight is 400 g/mol. The van der Waals surface area contributed by atoms with Crippen LogP contribution in [0.15, 0.2) is 42.5 Å². The van der Waals surface area contributed by atoms with Crippen molar-refractivity contribution in [2.24, 2.45) is 0 Å². The standard InChI is InChI=1S/C21H22ClN3O3/c1-13-10-17(27-3)18(28-4)11-16(13)23-21(26)19-14(2)24-25(20(19)22)12-15-8-6-5-7-9-15/h5-11H,12H2,1-4H3,(H,23,26). The molecule has 0 aliphatic carbocycles. The van der Waals surface area contributed by atoms with Gasteiger partial charge in [0.2, 0.25) is 0 Å². The molecule has 1 N–H and O–H groups in total. The molecule has 1 amide bonds. The molecular formula is C21H22ClN3O3. The van der Waals surface area contributed by atoms with Crippen molar-refractivity contribution < 1.29 is 14.3 Å². The maximum absolute atomic E-state index is 12.9. The zero-order valence-corrected chi connectivity index (χ0v) is 17.0. The van der Waals surface area contributed by atoms with E-state index in [1.807, 2.05) is 43.3 Å². The molecule has 3 aromatic rings. The maximum atomic E-state index is 12.9. The van der Waals surface area contributed by atoms with Crippen LogP contribution in [0.4, 0.5) is 5.69 Å². The minimum absolute atomic E-state index is 0.303. The summed E-state index contributed by atoms with van der Waals surface area (Å²) in [7, 11) is 3.12. The summed E-state index contributed by atoms with van der Waals surface area (Å²) in [5.41, 5.74) is 3.43. The molecule has 1 heterocycles. The maximum Gasteiger partial charge on any atom is 0.260 e. The highest BCUT2D eigenvalue weighted by molar-refractivity contribution is 6.33. The van der Waals surface area contributed by atoms with Gasteiger partial charge in [0.25, 0.3) is 5.91 Å². The Labute approximate surface area is 169 Å². The topological polar surface area (TPSA) is 65.4 Å². The second-order valence-corrected chi connectivity index (χ2v) is 6.73. The third kappa shape index (κ3) is 3.97. The second kappa shape index (κ2) is 8.35. The van der Waals surface area contributed by atoms with Gasteiger partial charge in [-0.3, -0.25) is 4.79 Å². The predicted molar refractivity (Wildman–Crippen MR) is 110 cm³/mol. The van der Waals surface area contributed by atoms with Gasteiger partial charge in [0.05, 0.1) is 32.0 Å². The first-order valence-corrected chi connectivity index (χ1v) is 9.13. The number of carbonyl (C=O) groups is 1. The molecule has 0 spiro atoms. The highest BCUT2D eigenvalue weighted by Crippen LogP contribution is 2.33. The number of carbonyl (C=O) groups excluding carboxylic acids is 1. The molecule has 7 heteroatoms. The Bertz CT molecular complexity index is 1000. The van der Waals surface area contributed by atoms with Crippen LogP contribution in [-0.2, 0) is 6.54 Å². The van der Waals surface area contributed by atoms with Gasteiger partial charge in [-0.15, -0.1) is 0 Å². The summed E-state index contributed by atoms with van der Waals surface area (Å²) in [4.78, 5) is 12.9. The summed E-state index contributed by atoms with van der Waals surface area (Å²) >= 11 is 6.48. The summed E-state index contributed by atoms with van der Waals surface area (Å²) in [5, 5.41) is 7.63. The molecule has 0 radical (unpaired) electrons. The van der Waals surface area contributed by atoms with Crippen LogP contribution in [0.1, 0.15) is 27.2 Å². The highest BCUT2D eigenvalue weighted by Gasteiger charge is 2.21. The lowest BCUT2D eigenvalue weighted by Crippen LogP contribution is -2.14. The van der Waals surface area contributed by atoms with Crippen LogP contribution in [0.2, 0.25) is 5.15 Å². The number of nitrogens with zero attached hydrogens (tertiary/aromatic N) is 2. The van der Waals surface area contributed by atoms with Crippen molar-refractivity contribution in [3.05, 3.63) is 70.0 Å². The monoisotopic (exact) mass is 399 g/mol. The van der Waals surface area contributed by atoms with Crippen molar-refractivity contribution in [1.82, 2.24) is 9.78 Å². The van der Waals surface area contributed by atoms with Gasteiger partial charge in [0, 0.05) is 11.8 Å². The van der Waals surface area contributed by atoms with Crippen molar-refractivity contribution in [1.29, 1.82) is 0 Å². The molecule has 28 heavy (non-hydrogen) atoms. The minimum atomic E-state index is -0.322. The molecule has 0 saturated carbocycles. The summed E-state index contributed by atoms with van der Waals surface area (Å²) in [6, 6.07) is 13.4. The molecule has 1 aromatic heterocycles. The third-order valence-electron chi connectivity index (χ3n) is 4.45. The Morgan fingerprint density at radius 3 is 2.39 bits per heavy atom. The zero-order valence-electron chi connectivity index (χ0n) is 16.2. The van der Waals surface area contributed by atoms with Gasteiger partial charge < -0.3 is 14.8 Å². The van der Waals surface area contributed by atoms with E-state index in [-0.39, 0.29) is 5.91 Å². The Hall–Kier alpha value is -2.99. The first-order valence-electron chi connectivity index (χ1n) is 8.75. The fourth-order valence-corrected chi connectivity index (χ4v) is 3.29. The van der Waals surface area contributed by atoms with Crippen molar-refractivity contribution in [3.8, 4) is 11.5 Å². The Balaban J connectivity index is 1.87. The van der Waals surface area contributed by atoms with Crippen LogP contribution in [-0.4, -0.2) is 29.9 Å². The number of ether oxygens (including phenoxy) is 2. The van der Waals surface area contributed by atoms with Crippen molar-refractivity contribution in [2.75, 3.05) is 19.5 Å². The van der Waals surface area contributed by atoms with E-state index in [4.69, 9.17) is 21.1 Å². The van der Waals surface area contributed by atoms with E-state index in [9.17, 15) is 4.79 Å². The number of aryl methyl sites for hydroxylation is 2. The SMILES string of the molecule is COc1cc(C)c(NC(=O)c2c(C)nn(Cc3ccccc3)c2Cl)cc1OC. The number of benzene rings is 2. The highest BCUT2D eigenvalue weighted by atomic mass is 35.5. The van der Waals surface area contributed by atoms with Crippen LogP contribution in [0.3, 0.4) is 0 Å². The van der Waals surface area contributed by atoms with Crippen LogP contribution in [0.25, 0.3) is 0 Å². The van der Waals surface area contributed by atoms with E-state index >= 15 is 0 Å². The van der Waals surface area contributed by atoms with Gasteiger partial charge >= 0.3 is 0 Å². The van der Waals surface area contributed by atoms with Gasteiger partial charge in [0.1, 0.15) is 5.15 Å². The van der Waals surface area contributed by atoms with Crippen molar-refractivity contribution >= 4 is 23.2 Å². The largest absolute Gasteiger partial charge is 0.493 e. The lowest BCUT2D eigenvalue weighted by atomic mass is 10.1. The zero-order chi connectivity index (χ0) is 20.3. The number of anilines is 1. The average Bonchev–Trinajstić information content (AvgIpc) is 2.97. The van der Waals surface area contributed by atoms with Crippen LogP contribution < -0.4 is 14.8 Å². The molecule has 0 fully saturated rings. The first-order chi connectivity index (χ1) is 13.4. The Morgan fingerprint density at radius 1 is 1.11 bits per heavy atom. The summed E-state index contributed by atoms with van der Waals surface area (Å²) in [6.45, 7) is 4.14. The Morgan fingerprint density at radius 2 is 1.75 bits per heavy atom. The number of amides is 1. The van der Waals surface area contributed by atoms with E-state index in [0.717, 1.165) is 11.1 Å². The summed E-state index contributed by atoms with van der Waals surface area (Å²) in [6.07, 6.45) is 0. The van der Waals surface area contributed by atoms with E-state index in [0.29, 0.717) is 40.1 Å². The van der Waals surface area contributed by atoms with Gasteiger partial charge in [-0.1, -0.05) is 41.9 Å². The molecule has 2 aromatic carbocycles. The fraction of sp³-hybridized carbons (Fsp3) is 0.238. The van der Waals surface area contributed by atoms with Crippen molar-refractivity contribution in [2.45, 2.75) is 20.4 Å². The third-order valence-corrected chi connectivity index (χ3v) is 4.83. The predicted octanol–water partition coefficient (Wildman–Crippen LogP) is 4.47. The molecule has 0 bridgehead atoms. The van der Waals surface area contributed by atoms with Gasteiger partial charge in [0.15, 0.2) is 11.5 Å². The second-order valence-electron chi connectivity index (χ2n) is 6.37. The number of aromatic nitrogens is 2. The molecule has 6 nitrogen and oxygen atoms in total. The molecule has 3 rings (SSSR count). The normalized spacial score (nSPS) is 10.6. The van der Waals surface area contributed by atoms with Crippen LogP contribution >= 0.6 is 11.6 Å². The molecule has 146 valence electrons. The quantitative estimate of drug-likeness (QED) is 0.664. The van der Waals surface area contributed by atoms with E-state index < -0.39 is 0 Å². The number of nitrogens with one attached hydrogen (secondary N) is 1. The van der Waals surface area contributed by atoms with Gasteiger partial charge in [-0.2, -0.15) is 5.10 Å². The number of halogens is 1.